The molecule has 164 valence electrons. The van der Waals surface area contributed by atoms with E-state index >= 15 is 0 Å². The molecule has 2 atom stereocenters. The molecule has 0 bridgehead atoms. The zero-order valence-electron chi connectivity index (χ0n) is 17.1. The van der Waals surface area contributed by atoms with Crippen LogP contribution < -0.4 is 9.47 Å². The summed E-state index contributed by atoms with van der Waals surface area (Å²) in [7, 11) is 1.53. The van der Waals surface area contributed by atoms with Gasteiger partial charge in [0, 0.05) is 17.3 Å². The Balaban J connectivity index is 1.72. The van der Waals surface area contributed by atoms with Gasteiger partial charge < -0.3 is 14.3 Å². The molecule has 1 aliphatic rings. The molecular formula is C20H25F3N4O3. The lowest BCUT2D eigenvalue weighted by atomic mass is 9.65. The van der Waals surface area contributed by atoms with Crippen molar-refractivity contribution in [3.8, 4) is 11.5 Å². The van der Waals surface area contributed by atoms with Crippen LogP contribution in [0.5, 0.6) is 11.5 Å². The molecule has 7 nitrogen and oxygen atoms in total. The van der Waals surface area contributed by atoms with E-state index in [0.29, 0.717) is 18.9 Å². The lowest BCUT2D eigenvalue weighted by molar-refractivity contribution is -0.274. The molecule has 1 fully saturated rings. The van der Waals surface area contributed by atoms with Gasteiger partial charge in [-0.2, -0.15) is 5.10 Å². The Labute approximate surface area is 172 Å². The smallest absolute Gasteiger partial charge is 0.493 e. The van der Waals surface area contributed by atoms with Gasteiger partial charge in [-0.25, -0.2) is 4.98 Å². The molecule has 0 spiro atoms. The molecule has 0 aliphatic heterocycles. The summed E-state index contributed by atoms with van der Waals surface area (Å²) in [5.74, 6) is 0.331. The Morgan fingerprint density at radius 3 is 2.50 bits per heavy atom. The number of halogens is 3. The second-order valence-corrected chi connectivity index (χ2v) is 7.90. The van der Waals surface area contributed by atoms with Crippen LogP contribution in [0.3, 0.4) is 0 Å². The molecule has 0 amide bonds. The molecule has 1 saturated carbocycles. The van der Waals surface area contributed by atoms with Crippen LogP contribution in [-0.4, -0.2) is 40.6 Å². The van der Waals surface area contributed by atoms with Crippen molar-refractivity contribution in [2.24, 2.45) is 22.4 Å². The molecule has 1 aliphatic carbocycles. The van der Waals surface area contributed by atoms with E-state index in [1.807, 2.05) is 0 Å². The number of hydrogen-bond donors (Lipinski definition) is 0. The predicted molar refractivity (Wildman–Crippen MR) is 103 cm³/mol. The SMILES string of the molecule is CON=C1[C@@H](Cn2cncn2)[C@H](COc2ccc(OC(F)(F)F)cc2)CCC1(C)C. The van der Waals surface area contributed by atoms with E-state index in [-0.39, 0.29) is 23.0 Å². The summed E-state index contributed by atoms with van der Waals surface area (Å²) in [6.45, 7) is 5.24. The van der Waals surface area contributed by atoms with Crippen LogP contribution in [0, 0.1) is 17.3 Å². The average molecular weight is 426 g/mol. The van der Waals surface area contributed by atoms with Gasteiger partial charge in [0.15, 0.2) is 0 Å². The Morgan fingerprint density at radius 1 is 1.20 bits per heavy atom. The predicted octanol–water partition coefficient (Wildman–Crippen LogP) is 4.31. The van der Waals surface area contributed by atoms with Crippen molar-refractivity contribution in [3.05, 3.63) is 36.9 Å². The summed E-state index contributed by atoms with van der Waals surface area (Å²) >= 11 is 0. The first kappa shape index (κ1) is 21.9. The summed E-state index contributed by atoms with van der Waals surface area (Å²) in [6, 6.07) is 5.39. The van der Waals surface area contributed by atoms with Gasteiger partial charge in [0.05, 0.1) is 18.9 Å². The van der Waals surface area contributed by atoms with E-state index in [1.54, 1.807) is 11.0 Å². The van der Waals surface area contributed by atoms with Crippen molar-refractivity contribution in [2.45, 2.75) is 39.6 Å². The van der Waals surface area contributed by atoms with E-state index in [4.69, 9.17) is 9.57 Å². The van der Waals surface area contributed by atoms with E-state index in [9.17, 15) is 13.2 Å². The van der Waals surface area contributed by atoms with Gasteiger partial charge in [-0.15, -0.1) is 13.2 Å². The molecule has 1 aromatic heterocycles. The number of rotatable bonds is 7. The third kappa shape index (κ3) is 5.64. The van der Waals surface area contributed by atoms with Gasteiger partial charge in [-0.1, -0.05) is 19.0 Å². The highest BCUT2D eigenvalue weighted by Crippen LogP contribution is 2.41. The van der Waals surface area contributed by atoms with Crippen LogP contribution in [-0.2, 0) is 11.4 Å². The van der Waals surface area contributed by atoms with E-state index in [0.717, 1.165) is 18.6 Å². The lowest BCUT2D eigenvalue weighted by Gasteiger charge is -2.41. The van der Waals surface area contributed by atoms with Crippen molar-refractivity contribution < 1.29 is 27.5 Å². The van der Waals surface area contributed by atoms with Gasteiger partial charge >= 0.3 is 6.36 Å². The van der Waals surface area contributed by atoms with Crippen molar-refractivity contribution in [1.82, 2.24) is 14.8 Å². The maximum atomic E-state index is 12.3. The summed E-state index contributed by atoms with van der Waals surface area (Å²) in [5, 5.41) is 8.53. The maximum absolute atomic E-state index is 12.3. The fourth-order valence-corrected chi connectivity index (χ4v) is 3.79. The van der Waals surface area contributed by atoms with Crippen LogP contribution in [0.1, 0.15) is 26.7 Å². The Bertz CT molecular complexity index is 836. The molecule has 0 radical (unpaired) electrons. The van der Waals surface area contributed by atoms with Crippen molar-refractivity contribution in [1.29, 1.82) is 0 Å². The second kappa shape index (κ2) is 8.93. The molecule has 2 aromatic rings. The van der Waals surface area contributed by atoms with Crippen molar-refractivity contribution >= 4 is 5.71 Å². The lowest BCUT2D eigenvalue weighted by Crippen LogP contribution is -2.44. The van der Waals surface area contributed by atoms with Gasteiger partial charge in [0.25, 0.3) is 0 Å². The maximum Gasteiger partial charge on any atom is 0.573 e. The van der Waals surface area contributed by atoms with Crippen molar-refractivity contribution in [2.75, 3.05) is 13.7 Å². The molecule has 3 rings (SSSR count). The number of ether oxygens (including phenoxy) is 2. The topological polar surface area (TPSA) is 70.8 Å². The first-order chi connectivity index (χ1) is 14.2. The molecule has 10 heteroatoms. The monoisotopic (exact) mass is 426 g/mol. The first-order valence-electron chi connectivity index (χ1n) is 9.60. The minimum atomic E-state index is -4.72. The third-order valence-corrected chi connectivity index (χ3v) is 5.32. The van der Waals surface area contributed by atoms with Crippen LogP contribution in [0.15, 0.2) is 42.1 Å². The summed E-state index contributed by atoms with van der Waals surface area (Å²) < 4.78 is 48.5. The van der Waals surface area contributed by atoms with Crippen LogP contribution in [0.25, 0.3) is 0 Å². The standard InChI is InChI=1S/C20H25F3N4O3/c1-19(2)9-8-14(17(18(19)26-28-3)10-27-13-24-12-25-27)11-29-15-4-6-16(7-5-15)30-20(21,22)23/h4-7,12-14,17H,8-11H2,1-3H3/t14-,17-/m0/s1. The Kier molecular flexibility index (Phi) is 6.52. The number of alkyl halides is 3. The highest BCUT2D eigenvalue weighted by Gasteiger charge is 2.42. The second-order valence-electron chi connectivity index (χ2n) is 7.90. The summed E-state index contributed by atoms with van der Waals surface area (Å²) in [6.07, 6.45) is 0.239. The van der Waals surface area contributed by atoms with Crippen LogP contribution in [0.2, 0.25) is 0 Å². The number of nitrogens with zero attached hydrogens (tertiary/aromatic N) is 4. The van der Waals surface area contributed by atoms with Crippen molar-refractivity contribution in [3.63, 3.8) is 0 Å². The number of hydrogen-bond acceptors (Lipinski definition) is 6. The zero-order valence-corrected chi connectivity index (χ0v) is 17.1. The first-order valence-corrected chi connectivity index (χ1v) is 9.60. The molecule has 30 heavy (non-hydrogen) atoms. The molecular weight excluding hydrogens is 401 g/mol. The third-order valence-electron chi connectivity index (χ3n) is 5.32. The average Bonchev–Trinajstić information content (AvgIpc) is 3.17. The minimum absolute atomic E-state index is 0.0169. The van der Waals surface area contributed by atoms with Gasteiger partial charge in [-0.05, 0) is 37.1 Å². The number of aromatic nitrogens is 3. The molecule has 0 N–H and O–H groups in total. The van der Waals surface area contributed by atoms with Gasteiger partial charge in [0.2, 0.25) is 0 Å². The molecule has 0 saturated heterocycles. The van der Waals surface area contributed by atoms with E-state index in [1.165, 1.54) is 37.7 Å². The zero-order chi connectivity index (χ0) is 21.8. The largest absolute Gasteiger partial charge is 0.573 e. The normalized spacial score (nSPS) is 22.7. The molecule has 1 aromatic carbocycles. The Morgan fingerprint density at radius 2 is 1.90 bits per heavy atom. The quantitative estimate of drug-likeness (QED) is 0.617. The molecule has 1 heterocycles. The highest BCUT2D eigenvalue weighted by atomic mass is 19.4. The Hall–Kier alpha value is -2.78. The molecule has 0 unspecified atom stereocenters. The fourth-order valence-electron chi connectivity index (χ4n) is 3.79. The number of benzene rings is 1. The minimum Gasteiger partial charge on any atom is -0.493 e. The fraction of sp³-hybridized carbons (Fsp3) is 0.550. The highest BCUT2D eigenvalue weighted by molar-refractivity contribution is 5.92. The van der Waals surface area contributed by atoms with E-state index in [2.05, 4.69) is 33.8 Å². The van der Waals surface area contributed by atoms with E-state index < -0.39 is 6.36 Å². The van der Waals surface area contributed by atoms with Gasteiger partial charge in [-0.3, -0.25) is 4.68 Å². The summed E-state index contributed by atoms with van der Waals surface area (Å²) in [5.41, 5.74) is 0.809. The number of oxime groups is 1. The van der Waals surface area contributed by atoms with Crippen LogP contribution >= 0.6 is 0 Å². The van der Waals surface area contributed by atoms with Gasteiger partial charge in [0.1, 0.15) is 31.3 Å². The summed E-state index contributed by atoms with van der Waals surface area (Å²) in [4.78, 5) is 9.13. The van der Waals surface area contributed by atoms with Crippen LogP contribution in [0.4, 0.5) is 13.2 Å².